The molecule has 0 aromatic heterocycles. The molecule has 8 nitrogen and oxygen atoms in total. The number of nitrogens with zero attached hydrogens (tertiary/aromatic N) is 2. The van der Waals surface area contributed by atoms with Crippen molar-refractivity contribution in [1.82, 2.24) is 4.31 Å². The second kappa shape index (κ2) is 11.2. The van der Waals surface area contributed by atoms with Crippen LogP contribution in [-0.2, 0) is 14.8 Å². The molecule has 188 valence electrons. The fourth-order valence-corrected chi connectivity index (χ4v) is 6.12. The van der Waals surface area contributed by atoms with Crippen LogP contribution < -0.4 is 15.0 Å². The van der Waals surface area contributed by atoms with Gasteiger partial charge in [0.25, 0.3) is 5.91 Å². The molecule has 4 rings (SSSR count). The van der Waals surface area contributed by atoms with E-state index in [0.717, 1.165) is 57.3 Å². The third-order valence-corrected chi connectivity index (χ3v) is 8.40. The molecule has 2 aromatic rings. The van der Waals surface area contributed by atoms with E-state index >= 15 is 0 Å². The largest absolute Gasteiger partial charge is 0.484 e. The summed E-state index contributed by atoms with van der Waals surface area (Å²) in [5.41, 5.74) is 1.79. The number of carbonyl (C=O) groups excluding carboxylic acids is 2. The lowest BCUT2D eigenvalue weighted by atomic mass is 10.1. The molecule has 0 aliphatic carbocycles. The fraction of sp³-hybridized carbons (Fsp3) is 0.462. The van der Waals surface area contributed by atoms with E-state index in [9.17, 15) is 18.0 Å². The average molecular weight is 500 g/mol. The second-order valence-corrected chi connectivity index (χ2v) is 11.1. The molecule has 2 fully saturated rings. The number of amides is 1. The first-order chi connectivity index (χ1) is 16.8. The highest BCUT2D eigenvalue weighted by molar-refractivity contribution is 7.89. The number of sulfonamides is 1. The van der Waals surface area contributed by atoms with Crippen LogP contribution in [-0.4, -0.2) is 57.2 Å². The maximum Gasteiger partial charge on any atom is 0.262 e. The lowest BCUT2D eigenvalue weighted by molar-refractivity contribution is -0.118. The second-order valence-electron chi connectivity index (χ2n) is 9.11. The van der Waals surface area contributed by atoms with Gasteiger partial charge in [-0.2, -0.15) is 4.31 Å². The van der Waals surface area contributed by atoms with E-state index in [1.807, 2.05) is 0 Å². The number of benzene rings is 2. The minimum atomic E-state index is -3.64. The van der Waals surface area contributed by atoms with Gasteiger partial charge in [0.15, 0.2) is 12.4 Å². The van der Waals surface area contributed by atoms with Crippen molar-refractivity contribution in [2.75, 3.05) is 43.0 Å². The minimum Gasteiger partial charge on any atom is -0.484 e. The molecule has 0 unspecified atom stereocenters. The highest BCUT2D eigenvalue weighted by Gasteiger charge is 2.27. The van der Waals surface area contributed by atoms with Gasteiger partial charge in [-0.25, -0.2) is 8.42 Å². The van der Waals surface area contributed by atoms with Crippen LogP contribution in [0.2, 0.25) is 0 Å². The van der Waals surface area contributed by atoms with Crippen molar-refractivity contribution < 1.29 is 22.7 Å². The van der Waals surface area contributed by atoms with Gasteiger partial charge in [0, 0.05) is 31.7 Å². The first-order valence-corrected chi connectivity index (χ1v) is 13.7. The Morgan fingerprint density at radius 1 is 0.914 bits per heavy atom. The molecule has 35 heavy (non-hydrogen) atoms. The van der Waals surface area contributed by atoms with Crippen LogP contribution in [0.15, 0.2) is 47.4 Å². The molecule has 2 aliphatic heterocycles. The van der Waals surface area contributed by atoms with Crippen LogP contribution in [0.3, 0.4) is 0 Å². The van der Waals surface area contributed by atoms with Crippen LogP contribution in [0.25, 0.3) is 0 Å². The molecule has 1 N–H and O–H groups in total. The summed E-state index contributed by atoms with van der Waals surface area (Å²) in [6.07, 6.45) is 6.02. The number of Topliss-reactive ketones (excluding diaryl/α,β-unsaturated/α-hetero) is 1. The topological polar surface area (TPSA) is 96.0 Å². The molecule has 2 heterocycles. The number of nitrogens with one attached hydrogen (secondary N) is 1. The van der Waals surface area contributed by atoms with Crippen molar-refractivity contribution in [2.24, 2.45) is 0 Å². The SMILES string of the molecule is CC(=O)c1cccc(OCC(=O)Nc2cc(S(=O)(=O)N3CCCCC3)ccc2N2CCCCC2)c1. The van der Waals surface area contributed by atoms with Gasteiger partial charge in [-0.15, -0.1) is 0 Å². The van der Waals surface area contributed by atoms with Gasteiger partial charge in [0.2, 0.25) is 10.0 Å². The zero-order valence-electron chi connectivity index (χ0n) is 20.2. The lowest BCUT2D eigenvalue weighted by Crippen LogP contribution is -2.36. The first-order valence-electron chi connectivity index (χ1n) is 12.3. The Balaban J connectivity index is 1.54. The molecule has 2 aromatic carbocycles. The van der Waals surface area contributed by atoms with Crippen molar-refractivity contribution in [3.05, 3.63) is 48.0 Å². The van der Waals surface area contributed by atoms with Crippen LogP contribution >= 0.6 is 0 Å². The molecule has 0 bridgehead atoms. The van der Waals surface area contributed by atoms with Crippen molar-refractivity contribution in [3.8, 4) is 5.75 Å². The molecule has 0 saturated carbocycles. The van der Waals surface area contributed by atoms with Crippen molar-refractivity contribution in [3.63, 3.8) is 0 Å². The quantitative estimate of drug-likeness (QED) is 0.550. The molecule has 0 atom stereocenters. The van der Waals surface area contributed by atoms with E-state index in [4.69, 9.17) is 4.74 Å². The number of rotatable bonds is 8. The predicted molar refractivity (Wildman–Crippen MR) is 136 cm³/mol. The van der Waals surface area contributed by atoms with E-state index in [1.165, 1.54) is 11.2 Å². The minimum absolute atomic E-state index is 0.0854. The maximum atomic E-state index is 13.3. The Kier molecular flexibility index (Phi) is 8.07. The molecule has 0 spiro atoms. The normalized spacial score (nSPS) is 17.1. The summed E-state index contributed by atoms with van der Waals surface area (Å²) in [7, 11) is -3.64. The standard InChI is InChI=1S/C26H33N3O5S/c1-20(30)21-9-8-10-22(17-21)34-19-26(31)27-24-18-23(35(32,33)29-15-6-3-7-16-29)11-12-25(24)28-13-4-2-5-14-28/h8-12,17-18H,2-7,13-16,19H2,1H3,(H,27,31). The Hall–Kier alpha value is -2.91. The zero-order chi connectivity index (χ0) is 24.8. The Morgan fingerprint density at radius 3 is 2.29 bits per heavy atom. The van der Waals surface area contributed by atoms with Gasteiger partial charge in [-0.05, 0) is 69.4 Å². The zero-order valence-corrected chi connectivity index (χ0v) is 21.0. The van der Waals surface area contributed by atoms with Gasteiger partial charge in [0.1, 0.15) is 5.75 Å². The predicted octanol–water partition coefficient (Wildman–Crippen LogP) is 4.07. The Labute approximate surface area is 207 Å². The van der Waals surface area contributed by atoms with Crippen LogP contribution in [0.5, 0.6) is 5.75 Å². The molecule has 0 radical (unpaired) electrons. The molecular formula is C26H33N3O5S. The number of hydrogen-bond donors (Lipinski definition) is 1. The monoisotopic (exact) mass is 499 g/mol. The van der Waals surface area contributed by atoms with Crippen molar-refractivity contribution in [2.45, 2.75) is 50.3 Å². The average Bonchev–Trinajstić information content (AvgIpc) is 2.88. The fourth-order valence-electron chi connectivity index (χ4n) is 4.58. The van der Waals surface area contributed by atoms with Crippen molar-refractivity contribution >= 4 is 33.1 Å². The van der Waals surface area contributed by atoms with Crippen molar-refractivity contribution in [1.29, 1.82) is 0 Å². The summed E-state index contributed by atoms with van der Waals surface area (Å²) < 4.78 is 33.7. The third kappa shape index (κ3) is 6.21. The first kappa shape index (κ1) is 25.2. The lowest BCUT2D eigenvalue weighted by Gasteiger charge is -2.31. The van der Waals surface area contributed by atoms with Crippen LogP contribution in [0.1, 0.15) is 55.8 Å². The summed E-state index contributed by atoms with van der Waals surface area (Å²) in [6.45, 7) is 3.96. The highest BCUT2D eigenvalue weighted by atomic mass is 32.2. The van der Waals surface area contributed by atoms with E-state index in [-0.39, 0.29) is 17.3 Å². The Morgan fingerprint density at radius 2 is 1.60 bits per heavy atom. The molecule has 9 heteroatoms. The van der Waals surface area contributed by atoms with Gasteiger partial charge in [0.05, 0.1) is 16.3 Å². The maximum absolute atomic E-state index is 13.3. The molecule has 2 saturated heterocycles. The van der Waals surface area contributed by atoms with Gasteiger partial charge in [-0.1, -0.05) is 18.6 Å². The van der Waals surface area contributed by atoms with E-state index in [0.29, 0.717) is 30.1 Å². The summed E-state index contributed by atoms with van der Waals surface area (Å²) in [4.78, 5) is 26.8. The summed E-state index contributed by atoms with van der Waals surface area (Å²) in [6, 6.07) is 11.7. The van der Waals surface area contributed by atoms with Crippen LogP contribution in [0.4, 0.5) is 11.4 Å². The van der Waals surface area contributed by atoms with Crippen LogP contribution in [0, 0.1) is 0 Å². The number of ketones is 1. The number of ether oxygens (including phenoxy) is 1. The van der Waals surface area contributed by atoms with E-state index < -0.39 is 15.9 Å². The smallest absolute Gasteiger partial charge is 0.262 e. The number of anilines is 2. The summed E-state index contributed by atoms with van der Waals surface area (Å²) in [5, 5.41) is 2.88. The van der Waals surface area contributed by atoms with E-state index in [1.54, 1.807) is 42.5 Å². The third-order valence-electron chi connectivity index (χ3n) is 6.50. The Bertz CT molecular complexity index is 1170. The summed E-state index contributed by atoms with van der Waals surface area (Å²) in [5.74, 6) is -0.0626. The molecular weight excluding hydrogens is 466 g/mol. The molecule has 1 amide bonds. The van der Waals surface area contributed by atoms with Gasteiger partial charge < -0.3 is 15.0 Å². The van der Waals surface area contributed by atoms with E-state index in [2.05, 4.69) is 10.2 Å². The highest BCUT2D eigenvalue weighted by Crippen LogP contribution is 2.32. The van der Waals surface area contributed by atoms with Gasteiger partial charge >= 0.3 is 0 Å². The number of carbonyl (C=O) groups is 2. The summed E-state index contributed by atoms with van der Waals surface area (Å²) >= 11 is 0. The number of hydrogen-bond acceptors (Lipinski definition) is 6. The van der Waals surface area contributed by atoms with Gasteiger partial charge in [-0.3, -0.25) is 9.59 Å². The molecule has 2 aliphatic rings. The number of piperidine rings is 2.